The number of sulfonamides is 1. The molecule has 0 aromatic heterocycles. The Morgan fingerprint density at radius 1 is 1.04 bits per heavy atom. The van der Waals surface area contributed by atoms with Crippen LogP contribution >= 0.6 is 0 Å². The fourth-order valence-electron chi connectivity index (χ4n) is 2.05. The molecule has 150 valence electrons. The van der Waals surface area contributed by atoms with E-state index in [1.807, 2.05) is 0 Å². The summed E-state index contributed by atoms with van der Waals surface area (Å²) in [5, 5.41) is 0. The summed E-state index contributed by atoms with van der Waals surface area (Å²) in [6.07, 6.45) is -4.50. The highest BCUT2D eigenvalue weighted by Gasteiger charge is 2.30. The maximum atomic E-state index is 13.5. The highest BCUT2D eigenvalue weighted by atomic mass is 32.2. The molecule has 0 radical (unpaired) electrons. The first-order chi connectivity index (χ1) is 13.1. The van der Waals surface area contributed by atoms with Crippen LogP contribution in [0.2, 0.25) is 0 Å². The van der Waals surface area contributed by atoms with Crippen LogP contribution in [0.15, 0.2) is 42.5 Å². The number of hydrogen-bond acceptors (Lipinski definition) is 3. The van der Waals surface area contributed by atoms with Gasteiger partial charge in [-0.1, -0.05) is 17.9 Å². The van der Waals surface area contributed by atoms with E-state index in [0.717, 1.165) is 30.3 Å². The molecule has 0 unspecified atom stereocenters. The second kappa shape index (κ2) is 9.03. The third kappa shape index (κ3) is 6.83. The van der Waals surface area contributed by atoms with Gasteiger partial charge in [0.15, 0.2) is 0 Å². The molecule has 10 heteroatoms. The first kappa shape index (κ1) is 21.7. The van der Waals surface area contributed by atoms with E-state index in [4.69, 9.17) is 4.74 Å². The summed E-state index contributed by atoms with van der Waals surface area (Å²) in [4.78, 5) is 0. The minimum Gasteiger partial charge on any atom is -0.481 e. The largest absolute Gasteiger partial charge is 0.481 e. The maximum Gasteiger partial charge on any atom is 0.416 e. The van der Waals surface area contributed by atoms with Gasteiger partial charge in [-0.25, -0.2) is 21.9 Å². The minimum absolute atomic E-state index is 0.0358. The summed E-state index contributed by atoms with van der Waals surface area (Å²) >= 11 is 0. The average molecular weight is 419 g/mol. The van der Waals surface area contributed by atoms with E-state index in [2.05, 4.69) is 16.6 Å². The second-order valence-electron chi connectivity index (χ2n) is 5.48. The Morgan fingerprint density at radius 3 is 2.50 bits per heavy atom. The fourth-order valence-corrected chi connectivity index (χ4v) is 3.08. The van der Waals surface area contributed by atoms with Gasteiger partial charge in [-0.2, -0.15) is 13.2 Å². The molecule has 4 nitrogen and oxygen atoms in total. The van der Waals surface area contributed by atoms with Gasteiger partial charge in [0.05, 0.1) is 17.9 Å². The molecular formula is C18H14F5NO3S. The Kier molecular flexibility index (Phi) is 6.99. The monoisotopic (exact) mass is 419 g/mol. The van der Waals surface area contributed by atoms with Gasteiger partial charge in [0.25, 0.3) is 0 Å². The molecule has 2 rings (SSSR count). The highest BCUT2D eigenvalue weighted by Crippen LogP contribution is 2.31. The molecule has 1 N–H and O–H groups in total. The van der Waals surface area contributed by atoms with Gasteiger partial charge >= 0.3 is 6.18 Å². The summed E-state index contributed by atoms with van der Waals surface area (Å²) in [5.41, 5.74) is -1.19. The van der Waals surface area contributed by atoms with Crippen LogP contribution in [-0.4, -0.2) is 21.6 Å². The van der Waals surface area contributed by atoms with Crippen LogP contribution < -0.4 is 9.46 Å². The van der Waals surface area contributed by atoms with E-state index in [1.54, 1.807) is 0 Å². The molecule has 0 saturated carbocycles. The van der Waals surface area contributed by atoms with Gasteiger partial charge in [-0.15, -0.1) is 0 Å². The third-order valence-electron chi connectivity index (χ3n) is 3.33. The molecule has 0 heterocycles. The van der Waals surface area contributed by atoms with Gasteiger partial charge in [0, 0.05) is 5.56 Å². The van der Waals surface area contributed by atoms with E-state index in [0.29, 0.717) is 0 Å². The molecule has 2 aromatic carbocycles. The molecule has 0 spiro atoms. The molecular weight excluding hydrogens is 405 g/mol. The molecule has 0 aliphatic rings. The van der Waals surface area contributed by atoms with Gasteiger partial charge < -0.3 is 4.74 Å². The van der Waals surface area contributed by atoms with Crippen molar-refractivity contribution in [2.75, 3.05) is 13.2 Å². The average Bonchev–Trinajstić information content (AvgIpc) is 2.60. The number of ether oxygens (including phenoxy) is 1. The van der Waals surface area contributed by atoms with Crippen molar-refractivity contribution in [3.63, 3.8) is 0 Å². The summed E-state index contributed by atoms with van der Waals surface area (Å²) in [7, 11) is -3.96. The summed E-state index contributed by atoms with van der Waals surface area (Å²) in [5.74, 6) is 2.43. The van der Waals surface area contributed by atoms with Crippen LogP contribution in [0.1, 0.15) is 11.1 Å². The van der Waals surface area contributed by atoms with Gasteiger partial charge in [0.1, 0.15) is 24.0 Å². The second-order valence-corrected chi connectivity index (χ2v) is 7.29. The Bertz CT molecular complexity index is 994. The van der Waals surface area contributed by atoms with Crippen molar-refractivity contribution in [2.24, 2.45) is 0 Å². The van der Waals surface area contributed by atoms with E-state index in [-0.39, 0.29) is 24.5 Å². The zero-order valence-electron chi connectivity index (χ0n) is 14.2. The molecule has 0 amide bonds. The Balaban J connectivity index is 1.84. The van der Waals surface area contributed by atoms with Crippen LogP contribution in [0.5, 0.6) is 5.75 Å². The Morgan fingerprint density at radius 2 is 1.79 bits per heavy atom. The van der Waals surface area contributed by atoms with Crippen molar-refractivity contribution < 1.29 is 35.1 Å². The van der Waals surface area contributed by atoms with Crippen molar-refractivity contribution >= 4 is 10.0 Å². The van der Waals surface area contributed by atoms with Crippen LogP contribution in [0.4, 0.5) is 22.0 Å². The number of hydrogen-bond donors (Lipinski definition) is 1. The first-order valence-corrected chi connectivity index (χ1v) is 9.39. The lowest BCUT2D eigenvalue weighted by Gasteiger charge is -2.08. The number of nitrogens with one attached hydrogen (secondary N) is 1. The van der Waals surface area contributed by atoms with Gasteiger partial charge in [0.2, 0.25) is 10.0 Å². The zero-order valence-corrected chi connectivity index (χ0v) is 15.0. The summed E-state index contributed by atoms with van der Waals surface area (Å²) in [6, 6.07) is 6.70. The quantitative estimate of drug-likeness (QED) is 0.576. The van der Waals surface area contributed by atoms with E-state index in [9.17, 15) is 30.4 Å². The van der Waals surface area contributed by atoms with Gasteiger partial charge in [-0.05, 0) is 36.4 Å². The predicted molar refractivity (Wildman–Crippen MR) is 91.7 cm³/mol. The first-order valence-electron chi connectivity index (χ1n) is 7.74. The molecule has 2 aromatic rings. The number of benzene rings is 2. The van der Waals surface area contributed by atoms with Crippen molar-refractivity contribution in [1.29, 1.82) is 0 Å². The van der Waals surface area contributed by atoms with E-state index >= 15 is 0 Å². The lowest BCUT2D eigenvalue weighted by Crippen LogP contribution is -2.26. The normalized spacial score (nSPS) is 11.6. The lowest BCUT2D eigenvalue weighted by atomic mass is 10.2. The van der Waals surface area contributed by atoms with Crippen LogP contribution in [0.25, 0.3) is 0 Å². The van der Waals surface area contributed by atoms with E-state index in [1.165, 1.54) is 12.1 Å². The zero-order chi connectivity index (χ0) is 20.8. The van der Waals surface area contributed by atoms with Crippen LogP contribution in [0, 0.1) is 23.5 Å². The Labute approximate surface area is 158 Å². The van der Waals surface area contributed by atoms with Crippen molar-refractivity contribution in [3.05, 3.63) is 65.2 Å². The van der Waals surface area contributed by atoms with E-state index < -0.39 is 39.2 Å². The van der Waals surface area contributed by atoms with Crippen molar-refractivity contribution in [1.82, 2.24) is 4.72 Å². The smallest absolute Gasteiger partial charge is 0.416 e. The lowest BCUT2D eigenvalue weighted by molar-refractivity contribution is -0.137. The molecule has 0 bridgehead atoms. The Hall–Kier alpha value is -2.64. The van der Waals surface area contributed by atoms with Crippen molar-refractivity contribution in [2.45, 2.75) is 11.9 Å². The fraction of sp³-hybridized carbons (Fsp3) is 0.222. The molecule has 0 saturated heterocycles. The molecule has 0 fully saturated rings. The number of halogens is 5. The number of alkyl halides is 3. The molecule has 28 heavy (non-hydrogen) atoms. The molecule has 0 aliphatic heterocycles. The maximum absolute atomic E-state index is 13.5. The summed E-state index contributed by atoms with van der Waals surface area (Å²) in [6.45, 7) is -0.590. The van der Waals surface area contributed by atoms with Crippen LogP contribution in [-0.2, 0) is 22.0 Å². The third-order valence-corrected chi connectivity index (χ3v) is 4.61. The SMILES string of the molecule is O=S(=O)(Cc1cc(F)ccc1F)NCC#CCOc1cccc(C(F)(F)F)c1. The van der Waals surface area contributed by atoms with Crippen molar-refractivity contribution in [3.8, 4) is 17.6 Å². The summed E-state index contributed by atoms with van der Waals surface area (Å²) < 4.78 is 95.1. The highest BCUT2D eigenvalue weighted by molar-refractivity contribution is 7.88. The minimum atomic E-state index is -4.50. The van der Waals surface area contributed by atoms with Crippen LogP contribution in [0.3, 0.4) is 0 Å². The van der Waals surface area contributed by atoms with Gasteiger partial charge in [-0.3, -0.25) is 0 Å². The standard InChI is InChI=1S/C18H14F5NO3S/c19-15-6-7-17(20)13(10-15)12-28(25,26)24-8-1-2-9-27-16-5-3-4-14(11-16)18(21,22)23/h3-7,10-11,24H,8-9,12H2. The topological polar surface area (TPSA) is 55.4 Å². The molecule has 0 aliphatic carbocycles. The number of rotatable bonds is 6. The predicted octanol–water partition coefficient (Wildman–Crippen LogP) is 3.49. The molecule has 0 atom stereocenters.